The third kappa shape index (κ3) is 5.47. The van der Waals surface area contributed by atoms with Gasteiger partial charge in [-0.2, -0.15) is 13.2 Å². The maximum absolute atomic E-state index is 13.6. The van der Waals surface area contributed by atoms with E-state index in [2.05, 4.69) is 42.3 Å². The molecule has 1 aliphatic heterocycles. The summed E-state index contributed by atoms with van der Waals surface area (Å²) < 4.78 is 48.7. The molecule has 0 saturated heterocycles. The lowest BCUT2D eigenvalue weighted by Crippen LogP contribution is -2.40. The molecule has 0 saturated carbocycles. The number of alkyl halides is 3. The predicted octanol–water partition coefficient (Wildman–Crippen LogP) is 7.19. The smallest absolute Gasteiger partial charge is 0.375 e. The Morgan fingerprint density at radius 2 is 1.68 bits per heavy atom. The summed E-state index contributed by atoms with van der Waals surface area (Å²) in [5.74, 6) is 0. The van der Waals surface area contributed by atoms with Gasteiger partial charge in [0, 0.05) is 11.1 Å². The standard InChI is InChI=1S/C30H31F3N4O/c1-29(2,3)27-18-28(35-37(27)15-16-38-19-21-9-5-4-6-10-21)36-20-34-25-17-22(13-14-26(25)36)23-11-7-8-12-24(23)30(31,32)33/h4-14,17-18,20,28,35H,15-16,19H2,1-3H3. The van der Waals surface area contributed by atoms with E-state index in [1.54, 1.807) is 24.5 Å². The molecular formula is C30H31F3N4O. The van der Waals surface area contributed by atoms with Gasteiger partial charge in [0.05, 0.1) is 42.7 Å². The van der Waals surface area contributed by atoms with Crippen LogP contribution in [0.4, 0.5) is 13.2 Å². The summed E-state index contributed by atoms with van der Waals surface area (Å²) >= 11 is 0. The van der Waals surface area contributed by atoms with E-state index in [0.29, 0.717) is 30.8 Å². The fraction of sp³-hybridized carbons (Fsp3) is 0.300. The van der Waals surface area contributed by atoms with Crippen LogP contribution < -0.4 is 5.43 Å². The van der Waals surface area contributed by atoms with E-state index in [-0.39, 0.29) is 17.1 Å². The van der Waals surface area contributed by atoms with Crippen LogP contribution in [-0.4, -0.2) is 27.7 Å². The largest absolute Gasteiger partial charge is 0.417 e. The van der Waals surface area contributed by atoms with E-state index in [4.69, 9.17) is 4.74 Å². The van der Waals surface area contributed by atoms with Gasteiger partial charge in [-0.3, -0.25) is 0 Å². The Hall–Kier alpha value is -3.62. The normalized spacial score (nSPS) is 16.3. The zero-order valence-corrected chi connectivity index (χ0v) is 21.7. The minimum absolute atomic E-state index is 0.105. The number of nitrogens with zero attached hydrogens (tertiary/aromatic N) is 3. The van der Waals surface area contributed by atoms with Gasteiger partial charge in [0.15, 0.2) is 0 Å². The first-order chi connectivity index (χ1) is 18.1. The fourth-order valence-electron chi connectivity index (χ4n) is 4.81. The Labute approximate surface area is 220 Å². The number of aromatic nitrogens is 2. The van der Waals surface area contributed by atoms with Crippen LogP contribution in [0.25, 0.3) is 22.2 Å². The molecule has 0 aliphatic carbocycles. The Morgan fingerprint density at radius 1 is 0.947 bits per heavy atom. The highest BCUT2D eigenvalue weighted by Gasteiger charge is 2.34. The summed E-state index contributed by atoms with van der Waals surface area (Å²) in [6.45, 7) is 8.26. The maximum Gasteiger partial charge on any atom is 0.417 e. The first-order valence-corrected chi connectivity index (χ1v) is 12.6. The van der Waals surface area contributed by atoms with Crippen LogP contribution in [0.5, 0.6) is 0 Å². The number of rotatable bonds is 7. The lowest BCUT2D eigenvalue weighted by atomic mass is 9.91. The van der Waals surface area contributed by atoms with Gasteiger partial charge in [-0.05, 0) is 41.0 Å². The summed E-state index contributed by atoms with van der Waals surface area (Å²) in [4.78, 5) is 4.53. The second-order valence-electron chi connectivity index (χ2n) is 10.5. The molecule has 1 aliphatic rings. The van der Waals surface area contributed by atoms with Crippen LogP contribution in [0.15, 0.2) is 90.9 Å². The molecule has 2 heterocycles. The number of hydrogen-bond acceptors (Lipinski definition) is 4. The van der Waals surface area contributed by atoms with Crippen molar-refractivity contribution < 1.29 is 17.9 Å². The molecule has 1 atom stereocenters. The fourth-order valence-corrected chi connectivity index (χ4v) is 4.81. The number of fused-ring (bicyclic) bond motifs is 1. The number of benzene rings is 3. The van der Waals surface area contributed by atoms with E-state index in [9.17, 15) is 13.2 Å². The highest BCUT2D eigenvalue weighted by Crippen LogP contribution is 2.38. The summed E-state index contributed by atoms with van der Waals surface area (Å²) in [6.07, 6.45) is -0.711. The molecule has 5 rings (SSSR count). The van der Waals surface area contributed by atoms with Crippen molar-refractivity contribution in [1.82, 2.24) is 20.0 Å². The lowest BCUT2D eigenvalue weighted by molar-refractivity contribution is -0.137. The number of halogens is 3. The number of hydrogen-bond donors (Lipinski definition) is 1. The Morgan fingerprint density at radius 3 is 2.42 bits per heavy atom. The number of hydrazine groups is 1. The first-order valence-electron chi connectivity index (χ1n) is 12.6. The van der Waals surface area contributed by atoms with Crippen LogP contribution in [0.1, 0.15) is 38.1 Å². The molecule has 0 radical (unpaired) electrons. The van der Waals surface area contributed by atoms with Gasteiger partial charge in [-0.15, -0.1) is 0 Å². The molecule has 0 spiro atoms. The van der Waals surface area contributed by atoms with E-state index in [1.165, 1.54) is 12.1 Å². The van der Waals surface area contributed by atoms with Crippen molar-refractivity contribution in [1.29, 1.82) is 0 Å². The average Bonchev–Trinajstić information content (AvgIpc) is 3.50. The van der Waals surface area contributed by atoms with Gasteiger partial charge in [0.2, 0.25) is 0 Å². The van der Waals surface area contributed by atoms with Crippen molar-refractivity contribution in [2.45, 2.75) is 39.7 Å². The number of imidazole rings is 1. The van der Waals surface area contributed by atoms with Gasteiger partial charge in [-0.1, -0.05) is 75.4 Å². The topological polar surface area (TPSA) is 42.3 Å². The van der Waals surface area contributed by atoms with E-state index >= 15 is 0 Å². The van der Waals surface area contributed by atoms with Crippen molar-refractivity contribution in [2.24, 2.45) is 5.41 Å². The first kappa shape index (κ1) is 26.0. The Bertz CT molecular complexity index is 1440. The monoisotopic (exact) mass is 520 g/mol. The second kappa shape index (κ2) is 10.3. The molecule has 1 N–H and O–H groups in total. The van der Waals surface area contributed by atoms with Crippen LogP contribution in [0, 0.1) is 5.41 Å². The van der Waals surface area contributed by atoms with E-state index < -0.39 is 11.7 Å². The highest BCUT2D eigenvalue weighted by molar-refractivity contribution is 5.83. The van der Waals surface area contributed by atoms with Crippen molar-refractivity contribution in [3.8, 4) is 11.1 Å². The van der Waals surface area contributed by atoms with E-state index in [0.717, 1.165) is 22.8 Å². The number of nitrogens with one attached hydrogen (secondary N) is 1. The molecule has 0 amide bonds. The van der Waals surface area contributed by atoms with Crippen LogP contribution >= 0.6 is 0 Å². The SMILES string of the molecule is CC(C)(C)C1=CC(n2cnc3cc(-c4ccccc4C(F)(F)F)ccc32)NN1CCOCc1ccccc1. The number of ether oxygens (including phenoxy) is 1. The molecule has 198 valence electrons. The van der Waals surface area contributed by atoms with Gasteiger partial charge >= 0.3 is 6.18 Å². The minimum atomic E-state index is -4.43. The van der Waals surface area contributed by atoms with Crippen LogP contribution in [-0.2, 0) is 17.5 Å². The van der Waals surface area contributed by atoms with Crippen LogP contribution in [0.2, 0.25) is 0 Å². The molecule has 0 fully saturated rings. The van der Waals surface area contributed by atoms with Gasteiger partial charge in [0.25, 0.3) is 0 Å². The zero-order chi connectivity index (χ0) is 26.9. The van der Waals surface area contributed by atoms with Crippen molar-refractivity contribution >= 4 is 11.0 Å². The third-order valence-electron chi connectivity index (χ3n) is 6.65. The second-order valence-corrected chi connectivity index (χ2v) is 10.5. The van der Waals surface area contributed by atoms with Gasteiger partial charge in [-0.25, -0.2) is 10.4 Å². The molecule has 5 nitrogen and oxygen atoms in total. The molecular weight excluding hydrogens is 489 g/mol. The lowest BCUT2D eigenvalue weighted by Gasteiger charge is -2.31. The zero-order valence-electron chi connectivity index (χ0n) is 21.7. The Balaban J connectivity index is 1.35. The van der Waals surface area contributed by atoms with Gasteiger partial charge < -0.3 is 14.3 Å². The highest BCUT2D eigenvalue weighted by atomic mass is 19.4. The molecule has 0 bridgehead atoms. The average molecular weight is 521 g/mol. The molecule has 38 heavy (non-hydrogen) atoms. The summed E-state index contributed by atoms with van der Waals surface area (Å²) in [5, 5.41) is 2.12. The van der Waals surface area contributed by atoms with Crippen molar-refractivity contribution in [3.05, 3.63) is 102 Å². The summed E-state index contributed by atoms with van der Waals surface area (Å²) in [7, 11) is 0. The Kier molecular flexibility index (Phi) is 7.03. The van der Waals surface area contributed by atoms with Crippen molar-refractivity contribution in [3.63, 3.8) is 0 Å². The molecule has 3 aromatic carbocycles. The predicted molar refractivity (Wildman–Crippen MR) is 143 cm³/mol. The van der Waals surface area contributed by atoms with Crippen molar-refractivity contribution in [2.75, 3.05) is 13.2 Å². The summed E-state index contributed by atoms with van der Waals surface area (Å²) in [6, 6.07) is 21.0. The molecule has 1 unspecified atom stereocenters. The van der Waals surface area contributed by atoms with E-state index in [1.807, 2.05) is 41.0 Å². The maximum atomic E-state index is 13.6. The van der Waals surface area contributed by atoms with Crippen LogP contribution in [0.3, 0.4) is 0 Å². The van der Waals surface area contributed by atoms with Gasteiger partial charge in [0.1, 0.15) is 6.17 Å². The quantitative estimate of drug-likeness (QED) is 0.262. The molecule has 8 heteroatoms. The number of allylic oxidation sites excluding steroid dienone is 1. The molecule has 1 aromatic heterocycles. The third-order valence-corrected chi connectivity index (χ3v) is 6.65. The molecule has 4 aromatic rings. The summed E-state index contributed by atoms with van der Waals surface area (Å²) in [5.41, 5.74) is 7.17. The minimum Gasteiger partial charge on any atom is -0.375 e.